The topological polar surface area (TPSA) is 96.0 Å². The van der Waals surface area contributed by atoms with Crippen LogP contribution in [0.4, 0.5) is 5.69 Å². The minimum atomic E-state index is -3.89. The third-order valence-corrected chi connectivity index (χ3v) is 7.26. The number of esters is 1. The van der Waals surface area contributed by atoms with E-state index in [0.29, 0.717) is 36.8 Å². The molecule has 1 aliphatic heterocycles. The van der Waals surface area contributed by atoms with Gasteiger partial charge in [0.05, 0.1) is 34.8 Å². The first-order chi connectivity index (χ1) is 14.8. The van der Waals surface area contributed by atoms with E-state index in [1.807, 2.05) is 4.90 Å². The maximum Gasteiger partial charge on any atom is 0.339 e. The highest BCUT2D eigenvalue weighted by Crippen LogP contribution is 2.23. The first kappa shape index (κ1) is 23.2. The van der Waals surface area contributed by atoms with E-state index in [4.69, 9.17) is 16.3 Å². The molecule has 1 N–H and O–H groups in total. The molecular weight excluding hydrogens is 442 g/mol. The van der Waals surface area contributed by atoms with Crippen molar-refractivity contribution in [2.45, 2.75) is 11.3 Å². The van der Waals surface area contributed by atoms with Gasteiger partial charge in [-0.15, -0.1) is 0 Å². The van der Waals surface area contributed by atoms with E-state index < -0.39 is 16.0 Å². The number of nitrogens with zero attached hydrogens (tertiary/aromatic N) is 2. The molecule has 0 unspecified atom stereocenters. The van der Waals surface area contributed by atoms with Gasteiger partial charge in [-0.3, -0.25) is 9.69 Å². The molecule has 1 amide bonds. The Hall–Kier alpha value is -2.46. The zero-order chi connectivity index (χ0) is 22.4. The summed E-state index contributed by atoms with van der Waals surface area (Å²) in [4.78, 5) is 26.2. The molecule has 0 radical (unpaired) electrons. The number of carbonyl (C=O) groups excluding carboxylic acids is 2. The highest BCUT2D eigenvalue weighted by atomic mass is 35.5. The normalized spacial score (nSPS) is 15.8. The van der Waals surface area contributed by atoms with Crippen molar-refractivity contribution in [1.82, 2.24) is 9.21 Å². The van der Waals surface area contributed by atoms with Crippen LogP contribution in [0.2, 0.25) is 5.02 Å². The standard InChI is InChI=1S/C21H24ClN3O5S/c1-30-21(27)16-7-2-5-10-19(16)31(28,29)25-12-6-11-24(13-14-25)15-20(26)23-18-9-4-3-8-17(18)22/h2-5,7-10H,6,11-15H2,1H3,(H,23,26). The third kappa shape index (κ3) is 5.62. The number of hydrogen-bond acceptors (Lipinski definition) is 6. The number of nitrogens with one attached hydrogen (secondary N) is 1. The highest BCUT2D eigenvalue weighted by Gasteiger charge is 2.31. The number of ether oxygens (including phenoxy) is 1. The second kappa shape index (κ2) is 10.2. The van der Waals surface area contributed by atoms with Crippen molar-refractivity contribution in [2.24, 2.45) is 0 Å². The molecule has 0 spiro atoms. The van der Waals surface area contributed by atoms with E-state index >= 15 is 0 Å². The predicted molar refractivity (Wildman–Crippen MR) is 118 cm³/mol. The van der Waals surface area contributed by atoms with Crippen LogP contribution >= 0.6 is 11.6 Å². The summed E-state index contributed by atoms with van der Waals surface area (Å²) in [7, 11) is -2.68. The summed E-state index contributed by atoms with van der Waals surface area (Å²) < 4.78 is 32.5. The second-order valence-corrected chi connectivity index (χ2v) is 9.36. The fraction of sp³-hybridized carbons (Fsp3) is 0.333. The van der Waals surface area contributed by atoms with Gasteiger partial charge < -0.3 is 10.1 Å². The number of amides is 1. The van der Waals surface area contributed by atoms with E-state index in [2.05, 4.69) is 5.32 Å². The zero-order valence-electron chi connectivity index (χ0n) is 17.1. The van der Waals surface area contributed by atoms with Crippen LogP contribution in [0.25, 0.3) is 0 Å². The monoisotopic (exact) mass is 465 g/mol. The Morgan fingerprint density at radius 3 is 2.48 bits per heavy atom. The molecule has 0 bridgehead atoms. The van der Waals surface area contributed by atoms with Gasteiger partial charge in [-0.2, -0.15) is 4.31 Å². The van der Waals surface area contributed by atoms with Crippen molar-refractivity contribution in [3.05, 3.63) is 59.1 Å². The Morgan fingerprint density at radius 2 is 1.74 bits per heavy atom. The Labute approximate surface area is 186 Å². The average Bonchev–Trinajstić information content (AvgIpc) is 3.01. The van der Waals surface area contributed by atoms with Crippen LogP contribution < -0.4 is 5.32 Å². The molecular formula is C21H24ClN3O5S. The number of anilines is 1. The summed E-state index contributed by atoms with van der Waals surface area (Å²) in [5.74, 6) is -0.924. The SMILES string of the molecule is COC(=O)c1ccccc1S(=O)(=O)N1CCCN(CC(=O)Nc2ccccc2Cl)CC1. The maximum atomic E-state index is 13.2. The van der Waals surface area contributed by atoms with Crippen molar-refractivity contribution in [1.29, 1.82) is 0 Å². The van der Waals surface area contributed by atoms with Crippen LogP contribution in [0.3, 0.4) is 0 Å². The second-order valence-electron chi connectivity index (χ2n) is 7.05. The smallest absolute Gasteiger partial charge is 0.339 e. The predicted octanol–water partition coefficient (Wildman–Crippen LogP) is 2.46. The first-order valence-corrected chi connectivity index (χ1v) is 11.6. The zero-order valence-corrected chi connectivity index (χ0v) is 18.7. The summed E-state index contributed by atoms with van der Waals surface area (Å²) in [6.45, 7) is 1.58. The largest absolute Gasteiger partial charge is 0.465 e. The molecule has 0 saturated carbocycles. The van der Waals surface area contributed by atoms with Gasteiger partial charge in [-0.1, -0.05) is 35.9 Å². The number of carbonyl (C=O) groups is 2. The number of halogens is 1. The van der Waals surface area contributed by atoms with E-state index in [1.54, 1.807) is 36.4 Å². The first-order valence-electron chi connectivity index (χ1n) is 9.77. The van der Waals surface area contributed by atoms with Crippen LogP contribution in [0.1, 0.15) is 16.8 Å². The molecule has 2 aromatic rings. The lowest BCUT2D eigenvalue weighted by Gasteiger charge is -2.22. The number of para-hydroxylation sites is 1. The van der Waals surface area contributed by atoms with Crippen molar-refractivity contribution in [2.75, 3.05) is 45.2 Å². The van der Waals surface area contributed by atoms with Crippen LogP contribution in [0, 0.1) is 0 Å². The molecule has 1 aliphatic rings. The van der Waals surface area contributed by atoms with Crippen LogP contribution in [-0.4, -0.2) is 69.3 Å². The van der Waals surface area contributed by atoms with Gasteiger partial charge in [-0.25, -0.2) is 13.2 Å². The molecule has 10 heteroatoms. The maximum absolute atomic E-state index is 13.2. The summed E-state index contributed by atoms with van der Waals surface area (Å²) in [6, 6.07) is 13.0. The minimum Gasteiger partial charge on any atom is -0.465 e. The lowest BCUT2D eigenvalue weighted by molar-refractivity contribution is -0.117. The summed E-state index contributed by atoms with van der Waals surface area (Å²) in [5, 5.41) is 3.23. The van der Waals surface area contributed by atoms with Crippen LogP contribution in [0.5, 0.6) is 0 Å². The summed E-state index contributed by atoms with van der Waals surface area (Å²) in [5.41, 5.74) is 0.540. The van der Waals surface area contributed by atoms with Gasteiger partial charge >= 0.3 is 5.97 Å². The molecule has 1 fully saturated rings. The Balaban J connectivity index is 1.66. The van der Waals surface area contributed by atoms with Crippen LogP contribution in [0.15, 0.2) is 53.4 Å². The Kier molecular flexibility index (Phi) is 7.66. The summed E-state index contributed by atoms with van der Waals surface area (Å²) in [6.07, 6.45) is 0.555. The van der Waals surface area contributed by atoms with E-state index in [0.717, 1.165) is 0 Å². The molecule has 8 nitrogen and oxygen atoms in total. The Morgan fingerprint density at radius 1 is 1.03 bits per heavy atom. The number of rotatable bonds is 6. The van der Waals surface area contributed by atoms with Crippen molar-refractivity contribution < 1.29 is 22.7 Å². The quantitative estimate of drug-likeness (QED) is 0.658. The summed E-state index contributed by atoms with van der Waals surface area (Å²) >= 11 is 6.08. The van der Waals surface area contributed by atoms with Gasteiger partial charge in [0.1, 0.15) is 0 Å². The van der Waals surface area contributed by atoms with E-state index in [1.165, 1.54) is 23.5 Å². The van der Waals surface area contributed by atoms with Crippen molar-refractivity contribution >= 4 is 39.2 Å². The molecule has 0 aromatic heterocycles. The van der Waals surface area contributed by atoms with E-state index in [9.17, 15) is 18.0 Å². The number of methoxy groups -OCH3 is 1. The molecule has 1 saturated heterocycles. The van der Waals surface area contributed by atoms with Crippen molar-refractivity contribution in [3.63, 3.8) is 0 Å². The Bertz CT molecular complexity index is 1060. The minimum absolute atomic E-state index is 0.00483. The highest BCUT2D eigenvalue weighted by molar-refractivity contribution is 7.89. The number of hydrogen-bond donors (Lipinski definition) is 1. The van der Waals surface area contributed by atoms with E-state index in [-0.39, 0.29) is 29.5 Å². The number of sulfonamides is 1. The molecule has 31 heavy (non-hydrogen) atoms. The average molecular weight is 466 g/mol. The van der Waals surface area contributed by atoms with Crippen molar-refractivity contribution in [3.8, 4) is 0 Å². The van der Waals surface area contributed by atoms with Gasteiger partial charge in [0.2, 0.25) is 15.9 Å². The van der Waals surface area contributed by atoms with Gasteiger partial charge in [-0.05, 0) is 37.2 Å². The molecule has 166 valence electrons. The van der Waals surface area contributed by atoms with Gasteiger partial charge in [0, 0.05) is 19.6 Å². The van der Waals surface area contributed by atoms with Gasteiger partial charge in [0.15, 0.2) is 0 Å². The fourth-order valence-electron chi connectivity index (χ4n) is 3.41. The molecule has 3 rings (SSSR count). The third-order valence-electron chi connectivity index (χ3n) is 4.97. The molecule has 1 heterocycles. The van der Waals surface area contributed by atoms with Crippen LogP contribution in [-0.2, 0) is 19.6 Å². The molecule has 0 aliphatic carbocycles. The number of benzene rings is 2. The van der Waals surface area contributed by atoms with Gasteiger partial charge in [0.25, 0.3) is 0 Å². The fourth-order valence-corrected chi connectivity index (χ4v) is 5.24. The lowest BCUT2D eigenvalue weighted by atomic mass is 10.2. The lowest BCUT2D eigenvalue weighted by Crippen LogP contribution is -2.38. The molecule has 0 atom stereocenters. The molecule has 2 aromatic carbocycles.